The third-order valence-corrected chi connectivity index (χ3v) is 6.84. The summed E-state index contributed by atoms with van der Waals surface area (Å²) in [5.41, 5.74) is 9.27. The zero-order valence-corrected chi connectivity index (χ0v) is 22.8. The number of anilines is 1. The number of benzene rings is 1. The van der Waals surface area contributed by atoms with E-state index >= 15 is 0 Å². The quantitative estimate of drug-likeness (QED) is 0.317. The van der Waals surface area contributed by atoms with E-state index in [2.05, 4.69) is 17.5 Å². The molecule has 0 bridgehead atoms. The summed E-state index contributed by atoms with van der Waals surface area (Å²) in [5.74, 6) is 0.433. The fourth-order valence-electron chi connectivity index (χ4n) is 3.45. The van der Waals surface area contributed by atoms with E-state index in [1.807, 2.05) is 45.0 Å². The van der Waals surface area contributed by atoms with Gasteiger partial charge in [0.2, 0.25) is 5.91 Å². The second-order valence-corrected chi connectivity index (χ2v) is 9.88. The van der Waals surface area contributed by atoms with Crippen molar-refractivity contribution in [2.45, 2.75) is 57.5 Å². The van der Waals surface area contributed by atoms with Crippen molar-refractivity contribution in [2.24, 2.45) is 11.7 Å². The molecular formula is C27H34N6O3S. The first kappa shape index (κ1) is 29.6. The molecule has 0 aliphatic rings. The van der Waals surface area contributed by atoms with E-state index in [1.165, 1.54) is 18.7 Å². The van der Waals surface area contributed by atoms with E-state index < -0.39 is 12.0 Å². The molecule has 0 spiro atoms. The van der Waals surface area contributed by atoms with Gasteiger partial charge in [-0.2, -0.15) is 10.5 Å². The van der Waals surface area contributed by atoms with Gasteiger partial charge in [0.15, 0.2) is 0 Å². The topological polar surface area (TPSA) is 145 Å². The Morgan fingerprint density at radius 1 is 1.16 bits per heavy atom. The van der Waals surface area contributed by atoms with Gasteiger partial charge >= 0.3 is 5.97 Å². The van der Waals surface area contributed by atoms with E-state index in [1.54, 1.807) is 11.9 Å². The molecular weight excluding hydrogens is 488 g/mol. The van der Waals surface area contributed by atoms with Gasteiger partial charge in [0.1, 0.15) is 35.6 Å². The number of pyridine rings is 1. The molecule has 1 amide bonds. The minimum absolute atomic E-state index is 0.0317. The Balaban J connectivity index is 2.23. The third kappa shape index (κ3) is 8.21. The largest absolute Gasteiger partial charge is 0.463 e. The average Bonchev–Trinajstić information content (AvgIpc) is 2.89. The van der Waals surface area contributed by atoms with E-state index in [0.717, 1.165) is 11.1 Å². The summed E-state index contributed by atoms with van der Waals surface area (Å²) in [6.07, 6.45) is 0.499. The van der Waals surface area contributed by atoms with Crippen LogP contribution in [0.5, 0.6) is 0 Å². The highest BCUT2D eigenvalue weighted by Gasteiger charge is 2.23. The van der Waals surface area contributed by atoms with Crippen LogP contribution >= 0.6 is 11.8 Å². The van der Waals surface area contributed by atoms with Crippen LogP contribution in [0.25, 0.3) is 0 Å². The molecule has 1 heterocycles. The van der Waals surface area contributed by atoms with Crippen molar-refractivity contribution < 1.29 is 14.3 Å². The van der Waals surface area contributed by atoms with Crippen LogP contribution in [0.2, 0.25) is 0 Å². The first-order chi connectivity index (χ1) is 17.6. The molecule has 0 radical (unpaired) electrons. The standard InChI is InChI=1S/C27H34N6O3S/c1-6-21-22(13-28)25(33(5)11-12-36-27(35)24(30)17(2)3)32-26(23(21)14-29)37-16-20-9-7-19(8-10-20)15-31-18(4)34/h7-10,17,24H,6,11-12,15-16,30H2,1-5H3,(H,31,34). The van der Waals surface area contributed by atoms with Crippen LogP contribution in [0.15, 0.2) is 29.3 Å². The van der Waals surface area contributed by atoms with Crippen molar-refractivity contribution in [3.8, 4) is 12.1 Å². The number of rotatable bonds is 12. The Labute approximate surface area is 223 Å². The van der Waals surface area contributed by atoms with E-state index in [-0.39, 0.29) is 18.4 Å². The fraction of sp³-hybridized carbons (Fsp3) is 0.444. The Morgan fingerprint density at radius 2 is 1.78 bits per heavy atom. The number of hydrogen-bond acceptors (Lipinski definition) is 9. The zero-order chi connectivity index (χ0) is 27.5. The molecule has 10 heteroatoms. The number of thioether (sulfide) groups is 1. The fourth-order valence-corrected chi connectivity index (χ4v) is 4.41. The summed E-state index contributed by atoms with van der Waals surface area (Å²) in [6, 6.07) is 11.6. The molecule has 1 atom stereocenters. The summed E-state index contributed by atoms with van der Waals surface area (Å²) in [7, 11) is 1.77. The highest BCUT2D eigenvalue weighted by molar-refractivity contribution is 7.98. The van der Waals surface area contributed by atoms with Gasteiger partial charge in [-0.05, 0) is 29.0 Å². The highest BCUT2D eigenvalue weighted by atomic mass is 32.2. The lowest BCUT2D eigenvalue weighted by Crippen LogP contribution is -2.38. The molecule has 0 aliphatic carbocycles. The van der Waals surface area contributed by atoms with Crippen LogP contribution < -0.4 is 16.0 Å². The minimum Gasteiger partial charge on any atom is -0.463 e. The number of nitrogens with two attached hydrogens (primary N) is 1. The summed E-state index contributed by atoms with van der Waals surface area (Å²) in [6.45, 7) is 7.95. The molecule has 1 aromatic heterocycles. The van der Waals surface area contributed by atoms with Gasteiger partial charge in [0.25, 0.3) is 0 Å². The Kier molecular flexibility index (Phi) is 11.4. The predicted molar refractivity (Wildman–Crippen MR) is 144 cm³/mol. The molecule has 0 aliphatic heterocycles. The van der Waals surface area contributed by atoms with Gasteiger partial charge in [0, 0.05) is 26.3 Å². The van der Waals surface area contributed by atoms with Crippen LogP contribution in [0.3, 0.4) is 0 Å². The smallest absolute Gasteiger partial charge is 0.323 e. The molecule has 3 N–H and O–H groups in total. The van der Waals surface area contributed by atoms with Crippen molar-refractivity contribution in [1.82, 2.24) is 10.3 Å². The minimum atomic E-state index is -0.692. The summed E-state index contributed by atoms with van der Waals surface area (Å²) < 4.78 is 5.31. The molecule has 2 aromatic rings. The molecule has 196 valence electrons. The number of aromatic nitrogens is 1. The Hall–Kier alpha value is -3.60. The number of amides is 1. The molecule has 0 saturated heterocycles. The Bertz CT molecular complexity index is 1180. The van der Waals surface area contributed by atoms with E-state index in [9.17, 15) is 20.1 Å². The van der Waals surface area contributed by atoms with Crippen molar-refractivity contribution in [3.05, 3.63) is 52.1 Å². The molecule has 0 fully saturated rings. The van der Waals surface area contributed by atoms with Gasteiger partial charge in [-0.25, -0.2) is 4.98 Å². The number of carbonyl (C=O) groups is 2. The highest BCUT2D eigenvalue weighted by Crippen LogP contribution is 2.33. The van der Waals surface area contributed by atoms with Gasteiger partial charge in [-0.15, -0.1) is 11.8 Å². The van der Waals surface area contributed by atoms with Crippen molar-refractivity contribution in [3.63, 3.8) is 0 Å². The number of carbonyl (C=O) groups excluding carboxylic acids is 2. The third-order valence-electron chi connectivity index (χ3n) is 5.79. The van der Waals surface area contributed by atoms with Crippen molar-refractivity contribution >= 4 is 29.5 Å². The number of ether oxygens (including phenoxy) is 1. The van der Waals surface area contributed by atoms with Crippen LogP contribution in [0.4, 0.5) is 5.82 Å². The van der Waals surface area contributed by atoms with Crippen LogP contribution in [-0.4, -0.2) is 43.1 Å². The maximum Gasteiger partial charge on any atom is 0.323 e. The summed E-state index contributed by atoms with van der Waals surface area (Å²) in [4.78, 5) is 29.7. The van der Waals surface area contributed by atoms with E-state index in [0.29, 0.717) is 52.8 Å². The molecule has 2 rings (SSSR count). The lowest BCUT2D eigenvalue weighted by molar-refractivity contribution is -0.146. The van der Waals surface area contributed by atoms with Crippen LogP contribution in [0.1, 0.15) is 55.5 Å². The first-order valence-corrected chi connectivity index (χ1v) is 13.1. The lowest BCUT2D eigenvalue weighted by Gasteiger charge is -2.23. The second kappa shape index (κ2) is 14.2. The zero-order valence-electron chi connectivity index (χ0n) is 22.0. The van der Waals surface area contributed by atoms with E-state index in [4.69, 9.17) is 15.5 Å². The Morgan fingerprint density at radius 3 is 2.32 bits per heavy atom. The van der Waals surface area contributed by atoms with Gasteiger partial charge < -0.3 is 20.7 Å². The maximum atomic E-state index is 12.1. The number of likely N-dealkylation sites (N-methyl/N-ethyl adjacent to an activating group) is 1. The molecule has 1 aromatic carbocycles. The normalized spacial score (nSPS) is 11.4. The number of nitrogens with one attached hydrogen (secondary N) is 1. The molecule has 37 heavy (non-hydrogen) atoms. The number of nitrogens with zero attached hydrogens (tertiary/aromatic N) is 4. The van der Waals surface area contributed by atoms with Crippen molar-refractivity contribution in [1.29, 1.82) is 10.5 Å². The van der Waals surface area contributed by atoms with Gasteiger partial charge in [-0.3, -0.25) is 9.59 Å². The van der Waals surface area contributed by atoms with Crippen molar-refractivity contribution in [2.75, 3.05) is 25.1 Å². The van der Waals surface area contributed by atoms with Crippen LogP contribution in [-0.2, 0) is 33.0 Å². The molecule has 9 nitrogen and oxygen atoms in total. The summed E-state index contributed by atoms with van der Waals surface area (Å²) >= 11 is 1.42. The monoisotopic (exact) mass is 522 g/mol. The van der Waals surface area contributed by atoms with Gasteiger partial charge in [-0.1, -0.05) is 45.0 Å². The maximum absolute atomic E-state index is 12.1. The van der Waals surface area contributed by atoms with Gasteiger partial charge in [0.05, 0.1) is 17.7 Å². The predicted octanol–water partition coefficient (Wildman–Crippen LogP) is 3.28. The molecule has 1 unspecified atom stereocenters. The molecule has 0 saturated carbocycles. The van der Waals surface area contributed by atoms with Crippen LogP contribution in [0, 0.1) is 28.6 Å². The SMILES string of the molecule is CCc1c(C#N)c(SCc2ccc(CNC(C)=O)cc2)nc(N(C)CCOC(=O)C(N)C(C)C)c1C#N. The second-order valence-electron chi connectivity index (χ2n) is 8.92. The summed E-state index contributed by atoms with van der Waals surface area (Å²) in [5, 5.41) is 23.1. The number of hydrogen-bond donors (Lipinski definition) is 2. The lowest BCUT2D eigenvalue weighted by atomic mass is 10.0. The average molecular weight is 523 g/mol. The number of nitriles is 2. The number of esters is 1. The first-order valence-electron chi connectivity index (χ1n) is 12.1.